The predicted octanol–water partition coefficient (Wildman–Crippen LogP) is 4.27. The van der Waals surface area contributed by atoms with Gasteiger partial charge in [-0.3, -0.25) is 0 Å². The molecule has 0 amide bonds. The molecule has 0 spiro atoms. The second kappa shape index (κ2) is 9.45. The third-order valence-corrected chi connectivity index (χ3v) is 2.80. The van der Waals surface area contributed by atoms with Gasteiger partial charge in [0, 0.05) is 6.21 Å². The fourth-order valence-electron chi connectivity index (χ4n) is 1.73. The van der Waals surface area contributed by atoms with Crippen LogP contribution in [0.5, 0.6) is 11.5 Å². The lowest BCUT2D eigenvalue weighted by Gasteiger charge is -2.19. The van der Waals surface area contributed by atoms with E-state index in [1.807, 2.05) is 60.7 Å². The van der Waals surface area contributed by atoms with Gasteiger partial charge in [-0.1, -0.05) is 54.9 Å². The van der Waals surface area contributed by atoms with Gasteiger partial charge in [0.15, 0.2) is 6.61 Å². The molecule has 2 aromatic carbocycles. The fourth-order valence-corrected chi connectivity index (χ4v) is 1.73. The summed E-state index contributed by atoms with van der Waals surface area (Å²) in [7, 11) is 0. The summed E-state index contributed by atoms with van der Waals surface area (Å²) in [6.45, 7) is 2.30. The summed E-state index contributed by atoms with van der Waals surface area (Å²) < 4.78 is 11.6. The number of oxime groups is 1. The lowest BCUT2D eigenvalue weighted by Crippen LogP contribution is -2.28. The predicted molar refractivity (Wildman–Crippen MR) is 87.3 cm³/mol. The molecule has 4 nitrogen and oxygen atoms in total. The van der Waals surface area contributed by atoms with E-state index < -0.39 is 6.29 Å². The van der Waals surface area contributed by atoms with Gasteiger partial charge in [-0.05, 0) is 30.7 Å². The summed E-state index contributed by atoms with van der Waals surface area (Å²) in [6, 6.07) is 19.0. The minimum absolute atomic E-state index is 0.212. The maximum Gasteiger partial charge on any atom is 0.277 e. The van der Waals surface area contributed by atoms with E-state index in [0.717, 1.165) is 24.3 Å². The molecule has 0 bridgehead atoms. The van der Waals surface area contributed by atoms with E-state index in [9.17, 15) is 0 Å². The Morgan fingerprint density at radius 2 is 1.45 bits per heavy atom. The van der Waals surface area contributed by atoms with Gasteiger partial charge < -0.3 is 14.3 Å². The first-order chi connectivity index (χ1) is 10.9. The number of hydrogen-bond donors (Lipinski definition) is 0. The van der Waals surface area contributed by atoms with Crippen LogP contribution in [-0.4, -0.2) is 19.1 Å². The zero-order valence-electron chi connectivity index (χ0n) is 12.7. The molecular weight excluding hydrogens is 278 g/mol. The highest BCUT2D eigenvalue weighted by molar-refractivity contribution is 5.55. The van der Waals surface area contributed by atoms with Crippen molar-refractivity contribution in [2.24, 2.45) is 5.16 Å². The number of unbranched alkanes of at least 4 members (excludes halogenated alkanes) is 1. The first kappa shape index (κ1) is 15.9. The minimum Gasteiger partial charge on any atom is -0.451 e. The van der Waals surface area contributed by atoms with Crippen molar-refractivity contribution < 1.29 is 14.3 Å². The molecule has 0 saturated carbocycles. The van der Waals surface area contributed by atoms with Crippen molar-refractivity contribution in [1.29, 1.82) is 0 Å². The summed E-state index contributed by atoms with van der Waals surface area (Å²) in [5.41, 5.74) is 0. The van der Waals surface area contributed by atoms with Crippen LogP contribution in [0.2, 0.25) is 0 Å². The maximum atomic E-state index is 5.80. The van der Waals surface area contributed by atoms with Crippen LogP contribution in [0, 0.1) is 0 Å². The Bertz CT molecular complexity index is 501. The molecule has 0 N–H and O–H groups in total. The summed E-state index contributed by atoms with van der Waals surface area (Å²) in [5, 5.41) is 3.90. The SMILES string of the molecule is CCCC=NOCC(Oc1ccccc1)Oc1ccccc1. The second-order valence-electron chi connectivity index (χ2n) is 4.66. The van der Waals surface area contributed by atoms with E-state index in [2.05, 4.69) is 12.1 Å². The molecule has 2 rings (SSSR count). The van der Waals surface area contributed by atoms with Crippen molar-refractivity contribution in [2.45, 2.75) is 26.1 Å². The van der Waals surface area contributed by atoms with E-state index in [-0.39, 0.29) is 6.61 Å². The average Bonchev–Trinajstić information content (AvgIpc) is 2.56. The van der Waals surface area contributed by atoms with Gasteiger partial charge >= 0.3 is 0 Å². The highest BCUT2D eigenvalue weighted by Crippen LogP contribution is 2.16. The monoisotopic (exact) mass is 299 g/mol. The molecule has 0 radical (unpaired) electrons. The van der Waals surface area contributed by atoms with Crippen LogP contribution in [0.4, 0.5) is 0 Å². The van der Waals surface area contributed by atoms with Gasteiger partial charge in [-0.15, -0.1) is 0 Å². The van der Waals surface area contributed by atoms with Crippen LogP contribution >= 0.6 is 0 Å². The van der Waals surface area contributed by atoms with Crippen molar-refractivity contribution in [3.05, 3.63) is 60.7 Å². The van der Waals surface area contributed by atoms with E-state index in [0.29, 0.717) is 0 Å². The van der Waals surface area contributed by atoms with Crippen LogP contribution in [0.25, 0.3) is 0 Å². The maximum absolute atomic E-state index is 5.80. The lowest BCUT2D eigenvalue weighted by atomic mass is 10.3. The molecule has 2 aromatic rings. The summed E-state index contributed by atoms with van der Waals surface area (Å²) in [4.78, 5) is 5.26. The zero-order chi connectivity index (χ0) is 15.5. The second-order valence-corrected chi connectivity index (χ2v) is 4.66. The molecule has 0 atom stereocenters. The van der Waals surface area contributed by atoms with Crippen LogP contribution in [0.15, 0.2) is 65.8 Å². The Morgan fingerprint density at radius 1 is 0.909 bits per heavy atom. The van der Waals surface area contributed by atoms with Crippen molar-refractivity contribution in [2.75, 3.05) is 6.61 Å². The Morgan fingerprint density at radius 3 is 1.95 bits per heavy atom. The highest BCUT2D eigenvalue weighted by atomic mass is 16.7. The largest absolute Gasteiger partial charge is 0.451 e. The standard InChI is InChI=1S/C18H21NO3/c1-2-3-14-19-20-15-18(21-16-10-6-4-7-11-16)22-17-12-8-5-9-13-17/h4-14,18H,2-3,15H2,1H3. The smallest absolute Gasteiger partial charge is 0.277 e. The molecular formula is C18H21NO3. The average molecular weight is 299 g/mol. The fraction of sp³-hybridized carbons (Fsp3) is 0.278. The molecule has 4 heteroatoms. The van der Waals surface area contributed by atoms with Crippen molar-refractivity contribution in [3.63, 3.8) is 0 Å². The quantitative estimate of drug-likeness (QED) is 0.394. The molecule has 0 fully saturated rings. The molecule has 0 aliphatic carbocycles. The van der Waals surface area contributed by atoms with Gasteiger partial charge in [0.05, 0.1) is 0 Å². The van der Waals surface area contributed by atoms with Crippen LogP contribution in [-0.2, 0) is 4.84 Å². The molecule has 0 heterocycles. The topological polar surface area (TPSA) is 40.0 Å². The van der Waals surface area contributed by atoms with Gasteiger partial charge in [0.2, 0.25) is 0 Å². The van der Waals surface area contributed by atoms with E-state index in [1.165, 1.54) is 0 Å². The number of nitrogens with zero attached hydrogens (tertiary/aromatic N) is 1. The first-order valence-corrected chi connectivity index (χ1v) is 7.45. The molecule has 0 aliphatic heterocycles. The van der Waals surface area contributed by atoms with Crippen LogP contribution in [0.3, 0.4) is 0 Å². The Labute approximate surface area is 131 Å². The molecule has 116 valence electrons. The number of benzene rings is 2. The Kier molecular flexibility index (Phi) is 6.82. The minimum atomic E-state index is -0.566. The first-order valence-electron chi connectivity index (χ1n) is 7.45. The number of ether oxygens (including phenoxy) is 2. The number of rotatable bonds is 9. The molecule has 0 aliphatic rings. The number of para-hydroxylation sites is 2. The van der Waals surface area contributed by atoms with Crippen molar-refractivity contribution in [1.82, 2.24) is 0 Å². The summed E-state index contributed by atoms with van der Waals surface area (Å²) in [5.74, 6) is 1.45. The number of hydrogen-bond acceptors (Lipinski definition) is 4. The van der Waals surface area contributed by atoms with Gasteiger partial charge in [-0.25, -0.2) is 0 Å². The van der Waals surface area contributed by atoms with E-state index in [4.69, 9.17) is 14.3 Å². The molecule has 0 aromatic heterocycles. The third kappa shape index (κ3) is 5.87. The van der Waals surface area contributed by atoms with E-state index >= 15 is 0 Å². The van der Waals surface area contributed by atoms with Crippen molar-refractivity contribution in [3.8, 4) is 11.5 Å². The molecule has 22 heavy (non-hydrogen) atoms. The van der Waals surface area contributed by atoms with Gasteiger partial charge in [0.25, 0.3) is 6.29 Å². The molecule has 0 unspecified atom stereocenters. The summed E-state index contributed by atoms with van der Waals surface area (Å²) in [6.07, 6.45) is 3.12. The summed E-state index contributed by atoms with van der Waals surface area (Å²) >= 11 is 0. The Balaban J connectivity index is 1.94. The van der Waals surface area contributed by atoms with Crippen LogP contribution in [0.1, 0.15) is 19.8 Å². The van der Waals surface area contributed by atoms with E-state index in [1.54, 1.807) is 6.21 Å². The third-order valence-electron chi connectivity index (χ3n) is 2.80. The van der Waals surface area contributed by atoms with Crippen molar-refractivity contribution >= 4 is 6.21 Å². The van der Waals surface area contributed by atoms with Gasteiger partial charge in [0.1, 0.15) is 11.5 Å². The highest BCUT2D eigenvalue weighted by Gasteiger charge is 2.13. The van der Waals surface area contributed by atoms with Gasteiger partial charge in [-0.2, -0.15) is 0 Å². The Hall–Kier alpha value is -2.49. The molecule has 0 saturated heterocycles. The zero-order valence-corrected chi connectivity index (χ0v) is 12.7. The lowest BCUT2D eigenvalue weighted by molar-refractivity contribution is -0.0588. The normalized spacial score (nSPS) is 10.8. The van der Waals surface area contributed by atoms with Crippen LogP contribution < -0.4 is 9.47 Å².